The molecule has 0 atom stereocenters. The lowest BCUT2D eigenvalue weighted by Crippen LogP contribution is -2.11. The Morgan fingerprint density at radius 2 is 2.06 bits per heavy atom. The van der Waals surface area contributed by atoms with Gasteiger partial charge in [-0.2, -0.15) is 5.10 Å². The number of hydrogen-bond acceptors (Lipinski definition) is 3. The molecule has 16 heavy (non-hydrogen) atoms. The van der Waals surface area contributed by atoms with Crippen molar-refractivity contribution in [3.05, 3.63) is 34.2 Å². The van der Waals surface area contributed by atoms with Crippen LogP contribution in [0.4, 0.5) is 0 Å². The molecule has 0 bridgehead atoms. The van der Waals surface area contributed by atoms with Crippen LogP contribution in [0.15, 0.2) is 23.0 Å². The van der Waals surface area contributed by atoms with E-state index in [4.69, 9.17) is 4.74 Å². The Morgan fingerprint density at radius 3 is 2.69 bits per heavy atom. The predicted octanol–water partition coefficient (Wildman–Crippen LogP) is 2.06. The largest absolute Gasteiger partial charge is 0.497 e. The van der Waals surface area contributed by atoms with Crippen LogP contribution in [-0.2, 0) is 0 Å². The molecule has 1 aromatic heterocycles. The van der Waals surface area contributed by atoms with Gasteiger partial charge in [0, 0.05) is 5.39 Å². The molecule has 2 rings (SSSR count). The monoisotopic (exact) mass is 218 g/mol. The summed E-state index contributed by atoms with van der Waals surface area (Å²) >= 11 is 0. The summed E-state index contributed by atoms with van der Waals surface area (Å²) in [6, 6.07) is 5.40. The fourth-order valence-corrected chi connectivity index (χ4v) is 1.73. The topological polar surface area (TPSA) is 55.0 Å². The molecule has 1 aromatic carbocycles. The second-order valence-electron chi connectivity index (χ2n) is 4.00. The Balaban J connectivity index is 2.83. The highest BCUT2D eigenvalue weighted by Crippen LogP contribution is 2.24. The molecule has 1 N–H and O–H groups in total. The molecule has 0 amide bonds. The first-order valence-electron chi connectivity index (χ1n) is 5.20. The normalized spacial score (nSPS) is 11.0. The van der Waals surface area contributed by atoms with Gasteiger partial charge in [0.15, 0.2) is 0 Å². The fraction of sp³-hybridized carbons (Fsp3) is 0.333. The van der Waals surface area contributed by atoms with Crippen LogP contribution in [-0.4, -0.2) is 17.3 Å². The van der Waals surface area contributed by atoms with Gasteiger partial charge in [-0.25, -0.2) is 5.10 Å². The van der Waals surface area contributed by atoms with Gasteiger partial charge in [0.1, 0.15) is 5.75 Å². The quantitative estimate of drug-likeness (QED) is 0.839. The van der Waals surface area contributed by atoms with Gasteiger partial charge in [-0.1, -0.05) is 13.8 Å². The smallest absolute Gasteiger partial charge is 0.272 e. The molecule has 4 nitrogen and oxygen atoms in total. The first kappa shape index (κ1) is 10.7. The van der Waals surface area contributed by atoms with E-state index in [0.717, 1.165) is 16.8 Å². The van der Waals surface area contributed by atoms with Crippen molar-refractivity contribution in [3.63, 3.8) is 0 Å². The van der Waals surface area contributed by atoms with Gasteiger partial charge in [-0.05, 0) is 24.1 Å². The van der Waals surface area contributed by atoms with Crippen LogP contribution in [0.2, 0.25) is 0 Å². The molecule has 0 unspecified atom stereocenters. The maximum absolute atomic E-state index is 11.6. The third-order valence-electron chi connectivity index (χ3n) is 2.57. The molecule has 0 fully saturated rings. The Morgan fingerprint density at radius 1 is 1.31 bits per heavy atom. The van der Waals surface area contributed by atoms with Gasteiger partial charge in [0.05, 0.1) is 18.2 Å². The molecular weight excluding hydrogens is 204 g/mol. The molecule has 0 aliphatic heterocycles. The maximum atomic E-state index is 11.6. The Hall–Kier alpha value is -1.84. The van der Waals surface area contributed by atoms with Crippen molar-refractivity contribution in [3.8, 4) is 5.75 Å². The summed E-state index contributed by atoms with van der Waals surface area (Å²) in [6.45, 7) is 4.08. The first-order chi connectivity index (χ1) is 7.63. The summed E-state index contributed by atoms with van der Waals surface area (Å²) in [7, 11) is 1.61. The zero-order valence-corrected chi connectivity index (χ0v) is 9.57. The molecule has 1 heterocycles. The van der Waals surface area contributed by atoms with E-state index in [1.807, 2.05) is 19.9 Å². The van der Waals surface area contributed by atoms with Crippen LogP contribution < -0.4 is 10.3 Å². The molecular formula is C12H14N2O2. The summed E-state index contributed by atoms with van der Waals surface area (Å²) in [5, 5.41) is 8.12. The summed E-state index contributed by atoms with van der Waals surface area (Å²) < 4.78 is 5.16. The van der Waals surface area contributed by atoms with Crippen molar-refractivity contribution in [2.45, 2.75) is 19.8 Å². The second kappa shape index (κ2) is 3.96. The highest BCUT2D eigenvalue weighted by molar-refractivity contribution is 5.85. The van der Waals surface area contributed by atoms with Crippen molar-refractivity contribution in [2.75, 3.05) is 7.11 Å². The summed E-state index contributed by atoms with van der Waals surface area (Å²) in [5.74, 6) is 0.994. The molecule has 0 aliphatic rings. The number of aromatic nitrogens is 2. The van der Waals surface area contributed by atoms with Crippen molar-refractivity contribution < 1.29 is 4.74 Å². The van der Waals surface area contributed by atoms with E-state index in [-0.39, 0.29) is 11.5 Å². The summed E-state index contributed by atoms with van der Waals surface area (Å²) in [5.41, 5.74) is 0.718. The van der Waals surface area contributed by atoms with Crippen molar-refractivity contribution in [1.82, 2.24) is 10.2 Å². The maximum Gasteiger partial charge on any atom is 0.272 e. The van der Waals surface area contributed by atoms with E-state index in [9.17, 15) is 4.79 Å². The number of ether oxygens (including phenoxy) is 1. The number of aromatic amines is 1. The third kappa shape index (κ3) is 1.66. The van der Waals surface area contributed by atoms with Crippen LogP contribution >= 0.6 is 0 Å². The van der Waals surface area contributed by atoms with E-state index in [1.165, 1.54) is 0 Å². The molecule has 0 saturated heterocycles. The molecule has 84 valence electrons. The van der Waals surface area contributed by atoms with Gasteiger partial charge in [-0.15, -0.1) is 0 Å². The highest BCUT2D eigenvalue weighted by atomic mass is 16.5. The number of H-pyrrole nitrogens is 1. The first-order valence-corrected chi connectivity index (χ1v) is 5.20. The molecule has 0 spiro atoms. The molecule has 0 radical (unpaired) electrons. The highest BCUT2D eigenvalue weighted by Gasteiger charge is 2.10. The van der Waals surface area contributed by atoms with E-state index >= 15 is 0 Å². The van der Waals surface area contributed by atoms with Crippen molar-refractivity contribution in [2.24, 2.45) is 0 Å². The average Bonchev–Trinajstić information content (AvgIpc) is 2.28. The molecule has 0 aliphatic carbocycles. The Bertz CT molecular complexity index is 573. The average molecular weight is 218 g/mol. The minimum absolute atomic E-state index is 0.165. The van der Waals surface area contributed by atoms with E-state index in [2.05, 4.69) is 10.2 Å². The molecule has 2 aromatic rings. The molecule has 0 saturated carbocycles. The number of hydrogen-bond donors (Lipinski definition) is 1. The predicted molar refractivity (Wildman–Crippen MR) is 63.0 cm³/mol. The number of nitrogens with one attached hydrogen (secondary N) is 1. The van der Waals surface area contributed by atoms with Crippen LogP contribution in [0.5, 0.6) is 5.75 Å². The van der Waals surface area contributed by atoms with E-state index < -0.39 is 0 Å². The lowest BCUT2D eigenvalue weighted by atomic mass is 10.0. The van der Waals surface area contributed by atoms with Gasteiger partial charge in [0.25, 0.3) is 5.56 Å². The minimum Gasteiger partial charge on any atom is -0.497 e. The summed E-state index contributed by atoms with van der Waals surface area (Å²) in [6.07, 6.45) is 0. The summed E-state index contributed by atoms with van der Waals surface area (Å²) in [4.78, 5) is 11.6. The van der Waals surface area contributed by atoms with Gasteiger partial charge >= 0.3 is 0 Å². The SMILES string of the molecule is COc1ccc2c(=O)[nH]nc(C(C)C)c2c1. The van der Waals surface area contributed by atoms with E-state index in [0.29, 0.717) is 5.39 Å². The lowest BCUT2D eigenvalue weighted by molar-refractivity contribution is 0.415. The number of rotatable bonds is 2. The Labute approximate surface area is 93.3 Å². The van der Waals surface area contributed by atoms with Crippen molar-refractivity contribution >= 4 is 10.8 Å². The fourth-order valence-electron chi connectivity index (χ4n) is 1.73. The Kier molecular flexibility index (Phi) is 2.64. The lowest BCUT2D eigenvalue weighted by Gasteiger charge is -2.08. The van der Waals surface area contributed by atoms with Crippen LogP contribution in [0.25, 0.3) is 10.8 Å². The number of methoxy groups -OCH3 is 1. The van der Waals surface area contributed by atoms with Crippen molar-refractivity contribution in [1.29, 1.82) is 0 Å². The van der Waals surface area contributed by atoms with Crippen LogP contribution in [0.3, 0.4) is 0 Å². The number of benzene rings is 1. The number of nitrogens with zero attached hydrogens (tertiary/aromatic N) is 1. The standard InChI is InChI=1S/C12H14N2O2/c1-7(2)11-10-6-8(16-3)4-5-9(10)12(15)14-13-11/h4-7H,1-3H3,(H,14,15). The third-order valence-corrected chi connectivity index (χ3v) is 2.57. The van der Waals surface area contributed by atoms with Crippen LogP contribution in [0, 0.1) is 0 Å². The second-order valence-corrected chi connectivity index (χ2v) is 4.00. The van der Waals surface area contributed by atoms with Gasteiger partial charge in [-0.3, -0.25) is 4.79 Å². The zero-order valence-electron chi connectivity index (χ0n) is 9.57. The van der Waals surface area contributed by atoms with Crippen LogP contribution in [0.1, 0.15) is 25.5 Å². The van der Waals surface area contributed by atoms with Gasteiger partial charge in [0.2, 0.25) is 0 Å². The zero-order chi connectivity index (χ0) is 11.7. The molecule has 4 heteroatoms. The van der Waals surface area contributed by atoms with Gasteiger partial charge < -0.3 is 4.74 Å². The number of fused-ring (bicyclic) bond motifs is 1. The minimum atomic E-state index is -0.165. The van der Waals surface area contributed by atoms with E-state index in [1.54, 1.807) is 19.2 Å².